The molecule has 152 valence electrons. The molecule has 3 aromatic rings. The average molecular weight is 414 g/mol. The van der Waals surface area contributed by atoms with E-state index in [0.717, 1.165) is 10.9 Å². The van der Waals surface area contributed by atoms with Crippen molar-refractivity contribution in [2.45, 2.75) is 46.2 Å². The summed E-state index contributed by atoms with van der Waals surface area (Å²) in [6.07, 6.45) is 1.59. The number of aromatic amines is 1. The summed E-state index contributed by atoms with van der Waals surface area (Å²) in [6.45, 7) is 9.16. The van der Waals surface area contributed by atoms with Gasteiger partial charge in [0, 0.05) is 40.1 Å². The number of pyridine rings is 1. The van der Waals surface area contributed by atoms with Gasteiger partial charge in [-0.15, -0.1) is 0 Å². The highest BCUT2D eigenvalue weighted by Gasteiger charge is 2.27. The van der Waals surface area contributed by atoms with Crippen LogP contribution < -0.4 is 15.8 Å². The van der Waals surface area contributed by atoms with Crippen molar-refractivity contribution in [1.29, 1.82) is 0 Å². The Hall–Kier alpha value is -2.93. The summed E-state index contributed by atoms with van der Waals surface area (Å²) in [7, 11) is 0. The summed E-state index contributed by atoms with van der Waals surface area (Å²) in [5.41, 5.74) is 0.623. The zero-order chi connectivity index (χ0) is 21.3. The van der Waals surface area contributed by atoms with Crippen LogP contribution in [0.4, 0.5) is 11.8 Å². The molecule has 0 spiro atoms. The molecular weight excluding hydrogens is 390 g/mol. The van der Waals surface area contributed by atoms with Crippen LogP contribution in [0, 0.1) is 0 Å². The summed E-state index contributed by atoms with van der Waals surface area (Å²) < 4.78 is 0. The van der Waals surface area contributed by atoms with Crippen molar-refractivity contribution in [1.82, 2.24) is 15.0 Å². The van der Waals surface area contributed by atoms with E-state index in [2.05, 4.69) is 20.3 Å². The molecule has 7 nitrogen and oxygen atoms in total. The number of H-pyrrole nitrogens is 1. The number of carbonyl (C=O) groups excluding carboxylic acids is 1. The third-order valence-corrected chi connectivity index (χ3v) is 4.74. The van der Waals surface area contributed by atoms with Gasteiger partial charge in [0.05, 0.1) is 6.04 Å². The van der Waals surface area contributed by atoms with E-state index in [9.17, 15) is 9.59 Å². The number of hydrogen-bond acceptors (Lipinski definition) is 5. The molecule has 0 bridgehead atoms. The zero-order valence-electron chi connectivity index (χ0n) is 17.1. The predicted molar refractivity (Wildman–Crippen MR) is 117 cm³/mol. The minimum absolute atomic E-state index is 0.113. The lowest BCUT2D eigenvalue weighted by atomic mass is 10.1. The van der Waals surface area contributed by atoms with Gasteiger partial charge in [-0.1, -0.05) is 11.6 Å². The molecule has 1 aromatic carbocycles. The number of anilines is 2. The second-order valence-electron chi connectivity index (χ2n) is 7.92. The Morgan fingerprint density at radius 2 is 1.97 bits per heavy atom. The molecule has 0 aliphatic carbocycles. The topological polar surface area (TPSA) is 91.0 Å². The minimum Gasteiger partial charge on any atom is -0.347 e. The SMILES string of the molecule is CC(=O)N(c1ccnc(NC(C)c2cc3cc(Cl)ccc3[nH]c2=O)n1)C(C)(C)C. The van der Waals surface area contributed by atoms with E-state index in [-0.39, 0.29) is 17.5 Å². The first-order valence-electron chi connectivity index (χ1n) is 9.29. The van der Waals surface area contributed by atoms with E-state index in [1.54, 1.807) is 41.4 Å². The fourth-order valence-electron chi connectivity index (χ4n) is 3.31. The molecule has 0 fully saturated rings. The second kappa shape index (κ2) is 7.83. The van der Waals surface area contributed by atoms with Crippen LogP contribution in [-0.4, -0.2) is 26.4 Å². The highest BCUT2D eigenvalue weighted by atomic mass is 35.5. The largest absolute Gasteiger partial charge is 0.347 e. The van der Waals surface area contributed by atoms with Gasteiger partial charge in [0.1, 0.15) is 5.82 Å². The molecule has 2 aromatic heterocycles. The fraction of sp³-hybridized carbons (Fsp3) is 0.333. The molecule has 29 heavy (non-hydrogen) atoms. The van der Waals surface area contributed by atoms with E-state index < -0.39 is 5.54 Å². The lowest BCUT2D eigenvalue weighted by Crippen LogP contribution is -2.45. The predicted octanol–water partition coefficient (Wildman–Crippen LogP) is 4.30. The van der Waals surface area contributed by atoms with E-state index in [1.165, 1.54) is 6.92 Å². The van der Waals surface area contributed by atoms with Crippen molar-refractivity contribution >= 4 is 40.2 Å². The minimum atomic E-state index is -0.433. The molecule has 0 aliphatic rings. The first-order chi connectivity index (χ1) is 13.6. The highest BCUT2D eigenvalue weighted by molar-refractivity contribution is 6.31. The summed E-state index contributed by atoms with van der Waals surface area (Å²) in [5.74, 6) is 0.711. The molecule has 0 saturated carbocycles. The Balaban J connectivity index is 1.93. The van der Waals surface area contributed by atoms with Crippen LogP contribution >= 0.6 is 11.6 Å². The fourth-order valence-corrected chi connectivity index (χ4v) is 3.49. The van der Waals surface area contributed by atoms with Gasteiger partial charge in [-0.25, -0.2) is 4.98 Å². The summed E-state index contributed by atoms with van der Waals surface area (Å²) in [4.78, 5) is 37.9. The van der Waals surface area contributed by atoms with Gasteiger partial charge >= 0.3 is 0 Å². The molecule has 1 atom stereocenters. The maximum Gasteiger partial charge on any atom is 0.253 e. The number of nitrogens with one attached hydrogen (secondary N) is 2. The van der Waals surface area contributed by atoms with Crippen LogP contribution in [0.1, 0.15) is 46.2 Å². The molecule has 0 aliphatic heterocycles. The number of nitrogens with zero attached hydrogens (tertiary/aromatic N) is 3. The number of rotatable bonds is 4. The molecule has 1 amide bonds. The third-order valence-electron chi connectivity index (χ3n) is 4.50. The molecule has 2 heterocycles. The maximum absolute atomic E-state index is 12.5. The van der Waals surface area contributed by atoms with Crippen molar-refractivity contribution in [3.63, 3.8) is 0 Å². The number of halogens is 1. The van der Waals surface area contributed by atoms with E-state index in [0.29, 0.717) is 22.4 Å². The summed E-state index contributed by atoms with van der Waals surface area (Å²) in [6, 6.07) is 8.44. The van der Waals surface area contributed by atoms with Crippen molar-refractivity contribution in [2.24, 2.45) is 0 Å². The van der Waals surface area contributed by atoms with Gasteiger partial charge < -0.3 is 10.3 Å². The molecule has 8 heteroatoms. The molecule has 2 N–H and O–H groups in total. The zero-order valence-corrected chi connectivity index (χ0v) is 17.8. The normalized spacial score (nSPS) is 12.6. The first-order valence-corrected chi connectivity index (χ1v) is 9.67. The van der Waals surface area contributed by atoms with E-state index in [1.807, 2.05) is 27.7 Å². The monoisotopic (exact) mass is 413 g/mol. The van der Waals surface area contributed by atoms with Gasteiger partial charge in [0.2, 0.25) is 11.9 Å². The lowest BCUT2D eigenvalue weighted by Gasteiger charge is -2.34. The van der Waals surface area contributed by atoms with Crippen molar-refractivity contribution < 1.29 is 4.79 Å². The second-order valence-corrected chi connectivity index (χ2v) is 8.35. The maximum atomic E-state index is 12.5. The molecular formula is C21H24ClN5O2. The Morgan fingerprint density at radius 1 is 1.24 bits per heavy atom. The highest BCUT2D eigenvalue weighted by Crippen LogP contribution is 2.24. The van der Waals surface area contributed by atoms with Crippen molar-refractivity contribution in [2.75, 3.05) is 10.2 Å². The van der Waals surface area contributed by atoms with Gasteiger partial charge in [-0.3, -0.25) is 14.5 Å². The molecule has 1 unspecified atom stereocenters. The Labute approximate surface area is 174 Å². The van der Waals surface area contributed by atoms with Gasteiger partial charge in [0.15, 0.2) is 0 Å². The molecule has 0 radical (unpaired) electrons. The average Bonchev–Trinajstić information content (AvgIpc) is 2.60. The number of carbonyl (C=O) groups is 1. The lowest BCUT2D eigenvalue weighted by molar-refractivity contribution is -0.117. The van der Waals surface area contributed by atoms with Crippen LogP contribution in [0.15, 0.2) is 41.3 Å². The van der Waals surface area contributed by atoms with Gasteiger partial charge in [0.25, 0.3) is 5.56 Å². The van der Waals surface area contributed by atoms with E-state index in [4.69, 9.17) is 11.6 Å². The third kappa shape index (κ3) is 4.56. The van der Waals surface area contributed by atoms with Gasteiger partial charge in [-0.05, 0) is 58.0 Å². The van der Waals surface area contributed by atoms with Crippen LogP contribution in [0.25, 0.3) is 10.9 Å². The van der Waals surface area contributed by atoms with Crippen LogP contribution in [-0.2, 0) is 4.79 Å². The van der Waals surface area contributed by atoms with Crippen molar-refractivity contribution in [3.05, 3.63) is 57.5 Å². The molecule has 3 rings (SSSR count). The smallest absolute Gasteiger partial charge is 0.253 e. The number of aromatic nitrogens is 3. The number of amides is 1. The number of benzene rings is 1. The Bertz CT molecular complexity index is 1120. The van der Waals surface area contributed by atoms with Crippen LogP contribution in [0.5, 0.6) is 0 Å². The quantitative estimate of drug-likeness (QED) is 0.665. The van der Waals surface area contributed by atoms with Crippen LogP contribution in [0.2, 0.25) is 5.02 Å². The van der Waals surface area contributed by atoms with Crippen molar-refractivity contribution in [3.8, 4) is 0 Å². The summed E-state index contributed by atoms with van der Waals surface area (Å²) >= 11 is 6.07. The number of fused-ring (bicyclic) bond motifs is 1. The standard InChI is InChI=1S/C21H24ClN5O2/c1-12(16-11-14-10-15(22)6-7-17(14)25-19(16)29)24-20-23-9-8-18(26-20)27(13(2)28)21(3,4)5/h6-12H,1-5H3,(H,25,29)(H,23,24,26). The van der Waals surface area contributed by atoms with Crippen LogP contribution in [0.3, 0.4) is 0 Å². The van der Waals surface area contributed by atoms with E-state index >= 15 is 0 Å². The molecule has 0 saturated heterocycles. The Kier molecular flexibility index (Phi) is 5.61. The van der Waals surface area contributed by atoms with Gasteiger partial charge in [-0.2, -0.15) is 4.98 Å². The summed E-state index contributed by atoms with van der Waals surface area (Å²) in [5, 5.41) is 4.59. The Morgan fingerprint density at radius 3 is 2.62 bits per heavy atom. The first kappa shape index (κ1) is 20.8. The number of hydrogen-bond donors (Lipinski definition) is 2.